The van der Waals surface area contributed by atoms with E-state index in [4.69, 9.17) is 0 Å². The van der Waals surface area contributed by atoms with Crippen LogP contribution < -0.4 is 0 Å². The van der Waals surface area contributed by atoms with Crippen LogP contribution in [0.5, 0.6) is 0 Å². The van der Waals surface area contributed by atoms with Crippen LogP contribution in [0.3, 0.4) is 0 Å². The first kappa shape index (κ1) is 42.4. The Hall–Kier alpha value is -1.76. The number of unbranched alkanes of at least 4 members (excludes halogenated alkanes) is 7. The van der Waals surface area contributed by atoms with Gasteiger partial charge in [0.2, 0.25) is 0 Å². The monoisotopic (exact) mass is 777 g/mol. The number of imide groups is 1. The van der Waals surface area contributed by atoms with E-state index >= 15 is 0 Å². The summed E-state index contributed by atoms with van der Waals surface area (Å²) in [6.07, 6.45) is 19.3. The SMILES string of the molecule is CCCCCCCCN1C(=O)c2c(-c3cc4c(s3)-c3sc(C(C)(C)C)cc3C4(CC(CC)CCCC)CC(CC)CCCC)sc(C(C)(C)C)c2C1=O. The Kier molecular flexibility index (Phi) is 14.1. The second-order valence-corrected chi connectivity index (χ2v) is 21.7. The lowest BCUT2D eigenvalue weighted by molar-refractivity contribution is 0.0650. The van der Waals surface area contributed by atoms with Crippen molar-refractivity contribution in [2.45, 2.75) is 195 Å². The molecule has 0 N–H and O–H groups in total. The predicted octanol–water partition coefficient (Wildman–Crippen LogP) is 15.6. The van der Waals surface area contributed by atoms with Gasteiger partial charge in [0.15, 0.2) is 0 Å². The van der Waals surface area contributed by atoms with Gasteiger partial charge in [-0.15, -0.1) is 34.0 Å². The zero-order valence-electron chi connectivity index (χ0n) is 35.3. The number of thiophene rings is 3. The molecule has 294 valence electrons. The molecule has 3 aromatic rings. The second kappa shape index (κ2) is 17.6. The van der Waals surface area contributed by atoms with Crippen LogP contribution in [0.1, 0.15) is 220 Å². The van der Waals surface area contributed by atoms with Gasteiger partial charge in [0.05, 0.1) is 16.0 Å². The van der Waals surface area contributed by atoms with E-state index in [1.54, 1.807) is 21.8 Å². The highest BCUT2D eigenvalue weighted by Crippen LogP contribution is 2.63. The Morgan fingerprint density at radius 1 is 0.604 bits per heavy atom. The molecule has 2 unspecified atom stereocenters. The van der Waals surface area contributed by atoms with Gasteiger partial charge in [-0.05, 0) is 65.2 Å². The normalized spacial score (nSPS) is 18.2. The molecule has 0 radical (unpaired) electrons. The number of hydrogen-bond donors (Lipinski definition) is 0. The molecule has 3 aromatic heterocycles. The largest absolute Gasteiger partial charge is 0.274 e. The van der Waals surface area contributed by atoms with E-state index in [1.165, 1.54) is 115 Å². The van der Waals surface area contributed by atoms with Gasteiger partial charge >= 0.3 is 0 Å². The van der Waals surface area contributed by atoms with Crippen molar-refractivity contribution >= 4 is 45.8 Å². The molecule has 5 rings (SSSR count). The molecule has 1 aliphatic heterocycles. The molecule has 0 fully saturated rings. The highest BCUT2D eigenvalue weighted by atomic mass is 32.1. The Morgan fingerprint density at radius 2 is 1.13 bits per heavy atom. The molecular formula is C47H71NO2S3. The topological polar surface area (TPSA) is 37.4 Å². The van der Waals surface area contributed by atoms with E-state index in [9.17, 15) is 9.59 Å². The Balaban J connectivity index is 1.66. The summed E-state index contributed by atoms with van der Waals surface area (Å²) in [5.74, 6) is 1.21. The van der Waals surface area contributed by atoms with Crippen molar-refractivity contribution in [2.24, 2.45) is 11.8 Å². The molecule has 2 amide bonds. The molecule has 0 spiro atoms. The van der Waals surface area contributed by atoms with Crippen LogP contribution in [0.2, 0.25) is 0 Å². The fourth-order valence-electron chi connectivity index (χ4n) is 9.01. The zero-order chi connectivity index (χ0) is 38.7. The smallest absolute Gasteiger partial charge is 0.263 e. The summed E-state index contributed by atoms with van der Waals surface area (Å²) in [6, 6.07) is 5.14. The van der Waals surface area contributed by atoms with Crippen molar-refractivity contribution in [3.8, 4) is 19.5 Å². The summed E-state index contributed by atoms with van der Waals surface area (Å²) in [5, 5.41) is 0. The van der Waals surface area contributed by atoms with Crippen LogP contribution in [0, 0.1) is 11.8 Å². The van der Waals surface area contributed by atoms with Crippen LogP contribution in [0.25, 0.3) is 19.5 Å². The predicted molar refractivity (Wildman–Crippen MR) is 234 cm³/mol. The van der Waals surface area contributed by atoms with Crippen molar-refractivity contribution in [1.82, 2.24) is 4.90 Å². The summed E-state index contributed by atoms with van der Waals surface area (Å²) in [6.45, 7) is 25.9. The maximum Gasteiger partial charge on any atom is 0.263 e. The molecule has 4 heterocycles. The van der Waals surface area contributed by atoms with E-state index in [2.05, 4.69) is 88.3 Å². The summed E-state index contributed by atoms with van der Waals surface area (Å²) in [4.78, 5) is 37.9. The lowest BCUT2D eigenvalue weighted by Crippen LogP contribution is -2.31. The molecule has 0 saturated heterocycles. The maximum atomic E-state index is 14.4. The van der Waals surface area contributed by atoms with E-state index in [0.717, 1.165) is 22.6 Å². The Labute approximate surface area is 335 Å². The summed E-state index contributed by atoms with van der Waals surface area (Å²) < 4.78 is 0. The van der Waals surface area contributed by atoms with Gasteiger partial charge in [-0.1, -0.05) is 160 Å². The lowest BCUT2D eigenvalue weighted by atomic mass is 9.65. The van der Waals surface area contributed by atoms with Gasteiger partial charge < -0.3 is 0 Å². The quantitative estimate of drug-likeness (QED) is 0.0846. The van der Waals surface area contributed by atoms with Gasteiger partial charge in [-0.2, -0.15) is 0 Å². The van der Waals surface area contributed by atoms with Gasteiger partial charge in [-0.3, -0.25) is 14.5 Å². The maximum absolute atomic E-state index is 14.4. The standard InChI is InChI=1S/C47H71NO2S3/c1-12-17-20-21-22-23-26-48-43(49)37-38(44(48)50)42(46(9,10)11)53-41(37)35-27-33-39(51-35)40-34(28-36(52-40)45(6,7)8)47(33,29-31(15-4)24-18-13-2)30-32(16-5)25-19-14-3/h27-28,31-32H,12-26,29-30H2,1-11H3. The van der Waals surface area contributed by atoms with Crippen LogP contribution in [-0.2, 0) is 16.2 Å². The minimum atomic E-state index is -0.230. The average Bonchev–Trinajstić information content (AvgIpc) is 3.91. The van der Waals surface area contributed by atoms with E-state index in [1.807, 2.05) is 22.7 Å². The fraction of sp³-hybridized carbons (Fsp3) is 0.702. The van der Waals surface area contributed by atoms with Crippen molar-refractivity contribution < 1.29 is 9.59 Å². The van der Waals surface area contributed by atoms with Crippen molar-refractivity contribution in [3.05, 3.63) is 44.1 Å². The molecule has 1 aliphatic carbocycles. The number of carbonyl (C=O) groups excluding carboxylic acids is 2. The lowest BCUT2D eigenvalue weighted by Gasteiger charge is -2.38. The van der Waals surface area contributed by atoms with Crippen molar-refractivity contribution in [3.63, 3.8) is 0 Å². The minimum Gasteiger partial charge on any atom is -0.274 e. The first-order valence-electron chi connectivity index (χ1n) is 21.5. The third-order valence-electron chi connectivity index (χ3n) is 12.3. The molecule has 2 aliphatic rings. The third kappa shape index (κ3) is 8.65. The molecule has 3 nitrogen and oxygen atoms in total. The number of carbonyl (C=O) groups is 2. The first-order chi connectivity index (χ1) is 25.2. The van der Waals surface area contributed by atoms with E-state index < -0.39 is 0 Å². The molecule has 53 heavy (non-hydrogen) atoms. The molecule has 0 saturated carbocycles. The van der Waals surface area contributed by atoms with Crippen LogP contribution in [0.4, 0.5) is 0 Å². The van der Waals surface area contributed by atoms with E-state index in [0.29, 0.717) is 29.5 Å². The van der Waals surface area contributed by atoms with Gasteiger partial charge in [0.25, 0.3) is 11.8 Å². The highest BCUT2D eigenvalue weighted by molar-refractivity contribution is 7.27. The van der Waals surface area contributed by atoms with Gasteiger partial charge in [0, 0.05) is 36.3 Å². The second-order valence-electron chi connectivity index (χ2n) is 18.6. The highest BCUT2D eigenvalue weighted by Gasteiger charge is 2.50. The van der Waals surface area contributed by atoms with Crippen molar-refractivity contribution in [2.75, 3.05) is 6.54 Å². The summed E-state index contributed by atoms with van der Waals surface area (Å²) in [5.41, 5.74) is 4.31. The van der Waals surface area contributed by atoms with Gasteiger partial charge in [-0.25, -0.2) is 0 Å². The molecule has 0 aromatic carbocycles. The summed E-state index contributed by atoms with van der Waals surface area (Å²) in [7, 11) is 0. The Morgan fingerprint density at radius 3 is 1.68 bits per heavy atom. The number of fused-ring (bicyclic) bond motifs is 4. The van der Waals surface area contributed by atoms with Crippen LogP contribution >= 0.6 is 34.0 Å². The molecule has 2 atom stereocenters. The van der Waals surface area contributed by atoms with Gasteiger partial charge in [0.1, 0.15) is 0 Å². The number of nitrogens with zero attached hydrogens (tertiary/aromatic N) is 1. The first-order valence-corrected chi connectivity index (χ1v) is 23.9. The average molecular weight is 778 g/mol. The molecular weight excluding hydrogens is 707 g/mol. The Bertz CT molecular complexity index is 1690. The zero-order valence-corrected chi connectivity index (χ0v) is 37.8. The van der Waals surface area contributed by atoms with Crippen molar-refractivity contribution in [1.29, 1.82) is 0 Å². The van der Waals surface area contributed by atoms with Crippen LogP contribution in [0.15, 0.2) is 12.1 Å². The fourth-order valence-corrected chi connectivity index (χ4v) is 13.2. The minimum absolute atomic E-state index is 0.0286. The number of rotatable bonds is 20. The molecule has 6 heteroatoms. The summed E-state index contributed by atoms with van der Waals surface area (Å²) >= 11 is 5.66. The van der Waals surface area contributed by atoms with E-state index in [-0.39, 0.29) is 28.1 Å². The third-order valence-corrected chi connectivity index (χ3v) is 16.9. The number of amides is 2. The van der Waals surface area contributed by atoms with Crippen LogP contribution in [-0.4, -0.2) is 23.3 Å². The number of hydrogen-bond acceptors (Lipinski definition) is 5. The molecule has 0 bridgehead atoms.